The van der Waals surface area contributed by atoms with Crippen LogP contribution in [-0.4, -0.2) is 25.2 Å². The van der Waals surface area contributed by atoms with Gasteiger partial charge in [0, 0.05) is 11.6 Å². The Hall–Kier alpha value is -3.21. The summed E-state index contributed by atoms with van der Waals surface area (Å²) in [6.07, 6.45) is 7.34. The maximum Gasteiger partial charge on any atom is 0.211 e. The van der Waals surface area contributed by atoms with Crippen molar-refractivity contribution >= 4 is 24.2 Å². The molecular weight excluding hydrogens is 354 g/mol. The van der Waals surface area contributed by atoms with Crippen LogP contribution in [0, 0.1) is 0 Å². The molecule has 0 heterocycles. The van der Waals surface area contributed by atoms with E-state index in [0.29, 0.717) is 36.6 Å². The maximum absolute atomic E-state index is 10.7. The summed E-state index contributed by atoms with van der Waals surface area (Å²) in [5, 5.41) is 12.7. The molecule has 0 saturated heterocycles. The third kappa shape index (κ3) is 5.64. The summed E-state index contributed by atoms with van der Waals surface area (Å²) in [5.74, 6) is 1.42. The zero-order valence-electron chi connectivity index (χ0n) is 16.8. The van der Waals surface area contributed by atoms with E-state index in [1.54, 1.807) is 25.3 Å². The van der Waals surface area contributed by atoms with Gasteiger partial charge >= 0.3 is 0 Å². The van der Waals surface area contributed by atoms with E-state index in [1.165, 1.54) is 5.57 Å². The molecule has 2 N–H and O–H groups in total. The number of aromatic hydroxyl groups is 1. The van der Waals surface area contributed by atoms with E-state index >= 15 is 0 Å². The molecule has 2 aromatic carbocycles. The number of phenolic OH excluding ortho intramolecular Hbond substituents is 1. The molecule has 5 nitrogen and oxygen atoms in total. The lowest BCUT2D eigenvalue weighted by Crippen LogP contribution is -1.99. The smallest absolute Gasteiger partial charge is 0.211 e. The third-order valence-corrected chi connectivity index (χ3v) is 4.14. The summed E-state index contributed by atoms with van der Waals surface area (Å²) < 4.78 is 11.1. The molecule has 0 saturated carbocycles. The van der Waals surface area contributed by atoms with Crippen LogP contribution in [-0.2, 0) is 11.2 Å². The molecule has 0 atom stereocenters. The molecule has 0 unspecified atom stereocenters. The number of methoxy groups -OCH3 is 1. The van der Waals surface area contributed by atoms with Crippen LogP contribution in [0.3, 0.4) is 0 Å². The molecule has 0 fully saturated rings. The van der Waals surface area contributed by atoms with Gasteiger partial charge < -0.3 is 19.9 Å². The number of hydrogen-bond donors (Lipinski definition) is 2. The number of hydrogen-bond acceptors (Lipinski definition) is 4. The molecular formula is C23H27NO4. The normalized spacial score (nSPS) is 10.6. The van der Waals surface area contributed by atoms with Crippen LogP contribution >= 0.6 is 0 Å². The van der Waals surface area contributed by atoms with Crippen LogP contribution in [0.5, 0.6) is 17.2 Å². The number of ether oxygens (including phenoxy) is 2. The summed E-state index contributed by atoms with van der Waals surface area (Å²) in [6, 6.07) is 8.88. The monoisotopic (exact) mass is 381 g/mol. The topological polar surface area (TPSA) is 67.8 Å². The molecule has 2 rings (SSSR count). The Labute approximate surface area is 166 Å². The average molecular weight is 381 g/mol. The number of carbonyl (C=O) groups excluding carboxylic acids is 1. The Morgan fingerprint density at radius 1 is 1.14 bits per heavy atom. The average Bonchev–Trinajstić information content (AvgIpc) is 2.66. The van der Waals surface area contributed by atoms with Crippen molar-refractivity contribution < 1.29 is 19.4 Å². The molecule has 0 aliphatic carbocycles. The van der Waals surface area contributed by atoms with Crippen LogP contribution in [0.15, 0.2) is 42.0 Å². The molecule has 1 amide bonds. The number of allylic oxidation sites excluding steroid dienone is 2. The fourth-order valence-electron chi connectivity index (χ4n) is 2.79. The minimum Gasteiger partial charge on any atom is -0.508 e. The van der Waals surface area contributed by atoms with Gasteiger partial charge in [-0.2, -0.15) is 0 Å². The van der Waals surface area contributed by atoms with E-state index in [9.17, 15) is 9.90 Å². The molecule has 2 aromatic rings. The highest BCUT2D eigenvalue weighted by Crippen LogP contribution is 2.31. The van der Waals surface area contributed by atoms with E-state index in [-0.39, 0.29) is 5.75 Å². The number of benzene rings is 2. The molecule has 0 aliphatic heterocycles. The zero-order valence-corrected chi connectivity index (χ0v) is 16.8. The highest BCUT2D eigenvalue weighted by Gasteiger charge is 2.10. The molecule has 0 aliphatic rings. The van der Waals surface area contributed by atoms with Crippen LogP contribution in [0.2, 0.25) is 0 Å². The predicted molar refractivity (Wildman–Crippen MR) is 114 cm³/mol. The second kappa shape index (κ2) is 10.2. The van der Waals surface area contributed by atoms with Crippen molar-refractivity contribution in [1.29, 1.82) is 0 Å². The minimum atomic E-state index is 0.159. The van der Waals surface area contributed by atoms with Crippen LogP contribution in [0.4, 0.5) is 5.69 Å². The van der Waals surface area contributed by atoms with Gasteiger partial charge in [-0.3, -0.25) is 4.79 Å². The fraction of sp³-hybridized carbons (Fsp3) is 0.261. The van der Waals surface area contributed by atoms with Gasteiger partial charge in [-0.25, -0.2) is 0 Å². The Bertz CT molecular complexity index is 880. The molecule has 148 valence electrons. The first-order valence-corrected chi connectivity index (χ1v) is 9.16. The first-order chi connectivity index (χ1) is 13.5. The summed E-state index contributed by atoms with van der Waals surface area (Å²) in [6.45, 7) is 6.55. The van der Waals surface area contributed by atoms with Crippen LogP contribution in [0.1, 0.15) is 37.5 Å². The van der Waals surface area contributed by atoms with Crippen molar-refractivity contribution in [3.05, 3.63) is 58.7 Å². The highest BCUT2D eigenvalue weighted by atomic mass is 16.5. The van der Waals surface area contributed by atoms with Gasteiger partial charge in [0.25, 0.3) is 0 Å². The van der Waals surface area contributed by atoms with Crippen molar-refractivity contribution in [2.24, 2.45) is 0 Å². The zero-order chi connectivity index (χ0) is 20.5. The van der Waals surface area contributed by atoms with Gasteiger partial charge in [-0.1, -0.05) is 29.9 Å². The number of carbonyl (C=O) groups is 1. The van der Waals surface area contributed by atoms with E-state index in [0.717, 1.165) is 16.7 Å². The first-order valence-electron chi connectivity index (χ1n) is 9.16. The van der Waals surface area contributed by atoms with Crippen LogP contribution in [0.25, 0.3) is 12.2 Å². The van der Waals surface area contributed by atoms with Crippen molar-refractivity contribution in [2.75, 3.05) is 19.0 Å². The summed E-state index contributed by atoms with van der Waals surface area (Å²) in [7, 11) is 1.56. The summed E-state index contributed by atoms with van der Waals surface area (Å²) in [4.78, 5) is 10.7. The van der Waals surface area contributed by atoms with Gasteiger partial charge in [0.1, 0.15) is 17.2 Å². The van der Waals surface area contributed by atoms with Gasteiger partial charge in [-0.05, 0) is 56.5 Å². The van der Waals surface area contributed by atoms with E-state index < -0.39 is 0 Å². The van der Waals surface area contributed by atoms with E-state index in [1.807, 2.05) is 31.2 Å². The Morgan fingerprint density at radius 3 is 2.57 bits per heavy atom. The molecule has 28 heavy (non-hydrogen) atoms. The van der Waals surface area contributed by atoms with Crippen molar-refractivity contribution in [3.8, 4) is 17.2 Å². The molecule has 0 bridgehead atoms. The number of rotatable bonds is 9. The number of amides is 1. The van der Waals surface area contributed by atoms with Crippen molar-refractivity contribution in [2.45, 2.75) is 27.2 Å². The largest absolute Gasteiger partial charge is 0.508 e. The third-order valence-electron chi connectivity index (χ3n) is 4.14. The Morgan fingerprint density at radius 2 is 1.93 bits per heavy atom. The molecule has 0 spiro atoms. The summed E-state index contributed by atoms with van der Waals surface area (Å²) >= 11 is 0. The fourth-order valence-corrected chi connectivity index (χ4v) is 2.79. The van der Waals surface area contributed by atoms with Crippen molar-refractivity contribution in [3.63, 3.8) is 0 Å². The Kier molecular flexibility index (Phi) is 7.69. The lowest BCUT2D eigenvalue weighted by atomic mass is 10.00. The predicted octanol–water partition coefficient (Wildman–Crippen LogP) is 5.05. The first kappa shape index (κ1) is 21.1. The highest BCUT2D eigenvalue weighted by molar-refractivity contribution is 5.79. The number of phenols is 1. The van der Waals surface area contributed by atoms with E-state index in [4.69, 9.17) is 9.47 Å². The van der Waals surface area contributed by atoms with Crippen LogP contribution < -0.4 is 14.8 Å². The molecule has 0 radical (unpaired) electrons. The standard InChI is InChI=1S/C23H27NO4/c1-5-28-22-14-19(26)13-18(20(22)10-6-16(2)3)9-7-17-8-11-21(24-15-25)23(12-17)27-4/h6-9,11-15,26H,5,10H2,1-4H3,(H,24,25)/b9-7+. The second-order valence-electron chi connectivity index (χ2n) is 6.49. The minimum absolute atomic E-state index is 0.159. The molecule has 5 heteroatoms. The lowest BCUT2D eigenvalue weighted by Gasteiger charge is -2.13. The Balaban J connectivity index is 2.43. The quantitative estimate of drug-likeness (QED) is 0.362. The lowest BCUT2D eigenvalue weighted by molar-refractivity contribution is -0.105. The summed E-state index contributed by atoms with van der Waals surface area (Å²) in [5.41, 5.74) is 4.63. The van der Waals surface area contributed by atoms with E-state index in [2.05, 4.69) is 25.2 Å². The maximum atomic E-state index is 10.7. The second-order valence-corrected chi connectivity index (χ2v) is 6.49. The van der Waals surface area contributed by atoms with Gasteiger partial charge in [-0.15, -0.1) is 0 Å². The SMILES string of the molecule is CCOc1cc(O)cc(/C=C/c2ccc(NC=O)c(OC)c2)c1CC=C(C)C. The van der Waals surface area contributed by atoms with Gasteiger partial charge in [0.05, 0.1) is 19.4 Å². The van der Waals surface area contributed by atoms with Gasteiger partial charge in [0.15, 0.2) is 0 Å². The number of anilines is 1. The molecule has 0 aromatic heterocycles. The number of nitrogens with one attached hydrogen (secondary N) is 1. The van der Waals surface area contributed by atoms with Crippen molar-refractivity contribution in [1.82, 2.24) is 0 Å². The van der Waals surface area contributed by atoms with Gasteiger partial charge in [0.2, 0.25) is 6.41 Å².